The molecule has 0 aliphatic carbocycles. The fraction of sp³-hybridized carbons (Fsp3) is 0.625. The van der Waals surface area contributed by atoms with E-state index in [0.29, 0.717) is 5.75 Å². The zero-order valence-corrected chi connectivity index (χ0v) is 14.4. The highest BCUT2D eigenvalue weighted by Crippen LogP contribution is 2.40. The summed E-state index contributed by atoms with van der Waals surface area (Å²) in [6.07, 6.45) is 3.38. The zero-order chi connectivity index (χ0) is 15.2. The highest BCUT2D eigenvalue weighted by atomic mass is 79.9. The Kier molecular flexibility index (Phi) is 6.33. The van der Waals surface area contributed by atoms with Gasteiger partial charge in [-0.1, -0.05) is 35.7 Å². The zero-order valence-electron chi connectivity index (χ0n) is 12.9. The number of methoxy groups -OCH3 is 1. The van der Waals surface area contributed by atoms with Gasteiger partial charge in [-0.15, -0.1) is 0 Å². The van der Waals surface area contributed by atoms with Crippen LogP contribution in [0.3, 0.4) is 0 Å². The first-order valence-electron chi connectivity index (χ1n) is 7.68. The third-order valence-corrected chi connectivity index (χ3v) is 4.53. The SMILES string of the molecule is CCCC[C@H](c1cc(Br)cc(OC)c1O)N1CCNCC1. The molecule has 0 unspecified atom stereocenters. The van der Waals surface area contributed by atoms with Crippen LogP contribution in [0.25, 0.3) is 0 Å². The Balaban J connectivity index is 2.32. The molecule has 1 aromatic carbocycles. The van der Waals surface area contributed by atoms with Crippen LogP contribution in [-0.2, 0) is 0 Å². The molecule has 2 N–H and O–H groups in total. The molecule has 1 atom stereocenters. The minimum absolute atomic E-state index is 0.249. The van der Waals surface area contributed by atoms with Gasteiger partial charge in [0.25, 0.3) is 0 Å². The van der Waals surface area contributed by atoms with E-state index in [1.54, 1.807) is 7.11 Å². The fourth-order valence-electron chi connectivity index (χ4n) is 2.93. The molecule has 0 saturated carbocycles. The second-order valence-corrected chi connectivity index (χ2v) is 6.41. The van der Waals surface area contributed by atoms with Crippen molar-refractivity contribution in [3.8, 4) is 11.5 Å². The van der Waals surface area contributed by atoms with Crippen molar-refractivity contribution < 1.29 is 9.84 Å². The number of rotatable bonds is 6. The molecule has 0 radical (unpaired) electrons. The molecule has 0 bridgehead atoms. The highest BCUT2D eigenvalue weighted by molar-refractivity contribution is 9.10. The Morgan fingerprint density at radius 1 is 1.38 bits per heavy atom. The average molecular weight is 357 g/mol. The Morgan fingerprint density at radius 3 is 2.71 bits per heavy atom. The van der Waals surface area contributed by atoms with E-state index in [0.717, 1.165) is 55.5 Å². The standard InChI is InChI=1S/C16H25BrN2O2/c1-3-4-5-14(19-8-6-18-7-9-19)13-10-12(17)11-15(21-2)16(13)20/h10-11,14,18,20H,3-9H2,1-2H3/t14-/m1/s1. The van der Waals surface area contributed by atoms with Crippen molar-refractivity contribution in [2.75, 3.05) is 33.3 Å². The molecule has 0 aromatic heterocycles. The third kappa shape index (κ3) is 4.11. The number of hydrogen-bond acceptors (Lipinski definition) is 4. The lowest BCUT2D eigenvalue weighted by atomic mass is 9.97. The molecule has 0 amide bonds. The molecule has 1 aliphatic heterocycles. The number of piperazine rings is 1. The van der Waals surface area contributed by atoms with Gasteiger partial charge < -0.3 is 15.2 Å². The van der Waals surface area contributed by atoms with Crippen LogP contribution in [0.4, 0.5) is 0 Å². The number of aromatic hydroxyl groups is 1. The molecule has 2 rings (SSSR count). The number of nitrogens with zero attached hydrogens (tertiary/aromatic N) is 1. The van der Waals surface area contributed by atoms with Crippen molar-refractivity contribution >= 4 is 15.9 Å². The maximum atomic E-state index is 10.5. The molecule has 1 aromatic rings. The minimum Gasteiger partial charge on any atom is -0.504 e. The smallest absolute Gasteiger partial charge is 0.162 e. The Hall–Kier alpha value is -0.780. The van der Waals surface area contributed by atoms with Crippen LogP contribution < -0.4 is 10.1 Å². The first-order chi connectivity index (χ1) is 10.2. The Labute approximate surface area is 135 Å². The quantitative estimate of drug-likeness (QED) is 0.820. The van der Waals surface area contributed by atoms with Crippen molar-refractivity contribution in [1.82, 2.24) is 10.2 Å². The van der Waals surface area contributed by atoms with E-state index in [9.17, 15) is 5.11 Å². The van der Waals surface area contributed by atoms with E-state index in [-0.39, 0.29) is 11.8 Å². The van der Waals surface area contributed by atoms with Gasteiger partial charge in [-0.25, -0.2) is 0 Å². The molecular weight excluding hydrogens is 332 g/mol. The van der Waals surface area contributed by atoms with Gasteiger partial charge in [0.05, 0.1) is 7.11 Å². The van der Waals surface area contributed by atoms with Gasteiger partial charge in [0.1, 0.15) is 0 Å². The van der Waals surface area contributed by atoms with Crippen LogP contribution in [0, 0.1) is 0 Å². The van der Waals surface area contributed by atoms with Crippen molar-refractivity contribution in [2.45, 2.75) is 32.2 Å². The van der Waals surface area contributed by atoms with E-state index in [1.165, 1.54) is 0 Å². The van der Waals surface area contributed by atoms with Gasteiger partial charge in [0.2, 0.25) is 0 Å². The van der Waals surface area contributed by atoms with Crippen LogP contribution in [0.15, 0.2) is 16.6 Å². The number of nitrogens with one attached hydrogen (secondary N) is 1. The summed E-state index contributed by atoms with van der Waals surface area (Å²) in [5, 5.41) is 13.9. The predicted octanol–water partition coefficient (Wildman–Crippen LogP) is 3.30. The van der Waals surface area contributed by atoms with E-state index in [4.69, 9.17) is 4.74 Å². The van der Waals surface area contributed by atoms with Crippen molar-refractivity contribution in [3.63, 3.8) is 0 Å². The molecule has 5 heteroatoms. The van der Waals surface area contributed by atoms with Crippen molar-refractivity contribution in [3.05, 3.63) is 22.2 Å². The fourth-order valence-corrected chi connectivity index (χ4v) is 3.38. The van der Waals surface area contributed by atoms with Gasteiger partial charge in [0.15, 0.2) is 11.5 Å². The normalized spacial score (nSPS) is 17.7. The summed E-state index contributed by atoms with van der Waals surface area (Å²) in [5.74, 6) is 0.816. The number of halogens is 1. The molecule has 1 saturated heterocycles. The van der Waals surface area contributed by atoms with Gasteiger partial charge in [0, 0.05) is 42.3 Å². The summed E-state index contributed by atoms with van der Waals surface area (Å²) >= 11 is 3.53. The maximum Gasteiger partial charge on any atom is 0.162 e. The van der Waals surface area contributed by atoms with Crippen molar-refractivity contribution in [1.29, 1.82) is 0 Å². The van der Waals surface area contributed by atoms with Gasteiger partial charge in [-0.2, -0.15) is 0 Å². The van der Waals surface area contributed by atoms with Crippen LogP contribution in [0.1, 0.15) is 37.8 Å². The second kappa shape index (κ2) is 8.01. The lowest BCUT2D eigenvalue weighted by molar-refractivity contribution is 0.160. The summed E-state index contributed by atoms with van der Waals surface area (Å²) in [5.41, 5.74) is 0.969. The molecule has 21 heavy (non-hydrogen) atoms. The summed E-state index contributed by atoms with van der Waals surface area (Å²) in [6, 6.07) is 4.09. The van der Waals surface area contributed by atoms with Crippen LogP contribution in [0.5, 0.6) is 11.5 Å². The van der Waals surface area contributed by atoms with Crippen molar-refractivity contribution in [2.24, 2.45) is 0 Å². The first-order valence-corrected chi connectivity index (χ1v) is 8.47. The summed E-state index contributed by atoms with van der Waals surface area (Å²) in [6.45, 7) is 6.25. The van der Waals surface area contributed by atoms with Gasteiger partial charge >= 0.3 is 0 Å². The molecule has 1 fully saturated rings. The molecule has 1 aliphatic rings. The molecule has 4 nitrogen and oxygen atoms in total. The lowest BCUT2D eigenvalue weighted by Gasteiger charge is -2.35. The third-order valence-electron chi connectivity index (χ3n) is 4.07. The Morgan fingerprint density at radius 2 is 2.10 bits per heavy atom. The number of phenols is 1. The monoisotopic (exact) mass is 356 g/mol. The van der Waals surface area contributed by atoms with E-state index < -0.39 is 0 Å². The number of ether oxygens (including phenoxy) is 1. The molecule has 118 valence electrons. The number of benzene rings is 1. The summed E-state index contributed by atoms with van der Waals surface area (Å²) in [4.78, 5) is 2.47. The summed E-state index contributed by atoms with van der Waals surface area (Å²) < 4.78 is 6.25. The second-order valence-electron chi connectivity index (χ2n) is 5.49. The lowest BCUT2D eigenvalue weighted by Crippen LogP contribution is -2.45. The number of phenolic OH excluding ortho intramolecular Hbond substituents is 1. The minimum atomic E-state index is 0.249. The number of hydrogen-bond donors (Lipinski definition) is 2. The van der Waals surface area contributed by atoms with Gasteiger partial charge in [-0.05, 0) is 18.6 Å². The summed E-state index contributed by atoms with van der Waals surface area (Å²) in [7, 11) is 1.59. The first kappa shape index (κ1) is 16.6. The van der Waals surface area contributed by atoms with Crippen LogP contribution in [0.2, 0.25) is 0 Å². The highest BCUT2D eigenvalue weighted by Gasteiger charge is 2.25. The Bertz CT molecular complexity index is 462. The van der Waals surface area contributed by atoms with Crippen LogP contribution in [-0.4, -0.2) is 43.3 Å². The largest absolute Gasteiger partial charge is 0.504 e. The molecule has 0 spiro atoms. The topological polar surface area (TPSA) is 44.7 Å². The molecular formula is C16H25BrN2O2. The predicted molar refractivity (Wildman–Crippen MR) is 89.1 cm³/mol. The number of unbranched alkanes of at least 4 members (excludes halogenated alkanes) is 1. The van der Waals surface area contributed by atoms with Crippen LogP contribution >= 0.6 is 15.9 Å². The van der Waals surface area contributed by atoms with E-state index in [1.807, 2.05) is 12.1 Å². The maximum absolute atomic E-state index is 10.5. The van der Waals surface area contributed by atoms with Gasteiger partial charge in [-0.3, -0.25) is 4.90 Å². The molecule has 1 heterocycles. The van der Waals surface area contributed by atoms with E-state index in [2.05, 4.69) is 33.1 Å². The average Bonchev–Trinajstić information content (AvgIpc) is 2.51. The van der Waals surface area contributed by atoms with E-state index >= 15 is 0 Å².